The molecule has 0 aromatic carbocycles. The summed E-state index contributed by atoms with van der Waals surface area (Å²) in [5.74, 6) is -0.957. The number of carbonyl (C=O) groups is 1. The fourth-order valence-electron chi connectivity index (χ4n) is 1.26. The molecule has 2 aromatic heterocycles. The van der Waals surface area contributed by atoms with Crippen LogP contribution in [0.4, 0.5) is 0 Å². The number of nitrogens with zero attached hydrogens (tertiary/aromatic N) is 1. The van der Waals surface area contributed by atoms with E-state index >= 15 is 0 Å². The predicted molar refractivity (Wildman–Crippen MR) is 47.8 cm³/mol. The summed E-state index contributed by atoms with van der Waals surface area (Å²) < 4.78 is 0. The number of aromatic nitrogens is 2. The van der Waals surface area contributed by atoms with Crippen LogP contribution in [0.5, 0.6) is 0 Å². The molecule has 2 N–H and O–H groups in total. The highest BCUT2D eigenvalue weighted by atomic mass is 16.4. The lowest BCUT2D eigenvalue weighted by molar-refractivity contribution is 0.0696. The van der Waals surface area contributed by atoms with Crippen LogP contribution in [0, 0.1) is 6.92 Å². The summed E-state index contributed by atoms with van der Waals surface area (Å²) >= 11 is 0. The van der Waals surface area contributed by atoms with Gasteiger partial charge in [0, 0.05) is 11.9 Å². The van der Waals surface area contributed by atoms with Crippen LogP contribution in [-0.2, 0) is 0 Å². The Bertz CT molecular complexity index is 473. The van der Waals surface area contributed by atoms with Crippen LogP contribution in [0.15, 0.2) is 18.3 Å². The molecule has 4 heteroatoms. The van der Waals surface area contributed by atoms with Crippen molar-refractivity contribution in [1.29, 1.82) is 0 Å². The molecule has 2 aromatic rings. The molecule has 0 bridgehead atoms. The van der Waals surface area contributed by atoms with E-state index in [1.807, 2.05) is 13.0 Å². The molecule has 0 aliphatic carbocycles. The van der Waals surface area contributed by atoms with Gasteiger partial charge in [-0.1, -0.05) is 0 Å². The van der Waals surface area contributed by atoms with Gasteiger partial charge in [0.05, 0.1) is 16.6 Å². The number of H-pyrrole nitrogens is 1. The molecular weight excluding hydrogens is 168 g/mol. The highest BCUT2D eigenvalue weighted by Gasteiger charge is 2.05. The third-order valence-corrected chi connectivity index (χ3v) is 1.85. The summed E-state index contributed by atoms with van der Waals surface area (Å²) in [6.45, 7) is 1.90. The minimum absolute atomic E-state index is 0.203. The van der Waals surface area contributed by atoms with Crippen molar-refractivity contribution in [2.75, 3.05) is 0 Å². The second-order valence-corrected chi connectivity index (χ2v) is 2.91. The summed E-state index contributed by atoms with van der Waals surface area (Å²) in [5.41, 5.74) is 2.74. The fraction of sp³-hybridized carbons (Fsp3) is 0.111. The number of hydrogen-bond acceptors (Lipinski definition) is 2. The summed E-state index contributed by atoms with van der Waals surface area (Å²) in [5, 5.41) is 8.70. The van der Waals surface area contributed by atoms with Gasteiger partial charge in [-0.3, -0.25) is 4.98 Å². The first-order chi connectivity index (χ1) is 6.16. The molecule has 0 unspecified atom stereocenters. The predicted octanol–water partition coefficient (Wildman–Crippen LogP) is 1.57. The van der Waals surface area contributed by atoms with E-state index in [9.17, 15) is 4.79 Å². The second-order valence-electron chi connectivity index (χ2n) is 2.91. The number of rotatable bonds is 1. The van der Waals surface area contributed by atoms with Gasteiger partial charge in [0.15, 0.2) is 0 Å². The molecule has 66 valence electrons. The van der Waals surface area contributed by atoms with E-state index in [1.165, 1.54) is 6.20 Å². The SMILES string of the molecule is Cc1cc2ncc(C(=O)O)cc2[nH]1. The molecule has 0 aliphatic heterocycles. The molecule has 0 saturated carbocycles. The molecular formula is C9H8N2O2. The van der Waals surface area contributed by atoms with E-state index in [-0.39, 0.29) is 5.56 Å². The van der Waals surface area contributed by atoms with Crippen molar-refractivity contribution in [3.05, 3.63) is 29.6 Å². The van der Waals surface area contributed by atoms with Crippen LogP contribution in [0.1, 0.15) is 16.1 Å². The Hall–Kier alpha value is -1.84. The van der Waals surface area contributed by atoms with Crippen LogP contribution in [0.25, 0.3) is 11.0 Å². The van der Waals surface area contributed by atoms with E-state index in [1.54, 1.807) is 6.07 Å². The topological polar surface area (TPSA) is 66.0 Å². The summed E-state index contributed by atoms with van der Waals surface area (Å²) in [6.07, 6.45) is 1.36. The number of aromatic amines is 1. The molecule has 2 rings (SSSR count). The van der Waals surface area contributed by atoms with Crippen LogP contribution in [-0.4, -0.2) is 21.0 Å². The Kier molecular flexibility index (Phi) is 1.55. The molecule has 2 heterocycles. The van der Waals surface area contributed by atoms with Crippen LogP contribution in [0.2, 0.25) is 0 Å². The zero-order chi connectivity index (χ0) is 9.42. The molecule has 0 saturated heterocycles. The fourth-order valence-corrected chi connectivity index (χ4v) is 1.26. The highest BCUT2D eigenvalue weighted by Crippen LogP contribution is 2.13. The van der Waals surface area contributed by atoms with Crippen molar-refractivity contribution in [3.63, 3.8) is 0 Å². The average molecular weight is 176 g/mol. The van der Waals surface area contributed by atoms with E-state index in [0.29, 0.717) is 0 Å². The summed E-state index contributed by atoms with van der Waals surface area (Å²) in [6, 6.07) is 3.46. The van der Waals surface area contributed by atoms with Crippen molar-refractivity contribution in [3.8, 4) is 0 Å². The van der Waals surface area contributed by atoms with E-state index in [2.05, 4.69) is 9.97 Å². The van der Waals surface area contributed by atoms with Crippen molar-refractivity contribution < 1.29 is 9.90 Å². The normalized spacial score (nSPS) is 10.5. The lowest BCUT2D eigenvalue weighted by Gasteiger charge is -1.92. The Morgan fingerprint density at radius 3 is 3.00 bits per heavy atom. The van der Waals surface area contributed by atoms with Gasteiger partial charge in [-0.15, -0.1) is 0 Å². The average Bonchev–Trinajstić information content (AvgIpc) is 2.42. The van der Waals surface area contributed by atoms with E-state index < -0.39 is 5.97 Å². The maximum Gasteiger partial charge on any atom is 0.337 e. The third kappa shape index (κ3) is 1.26. The van der Waals surface area contributed by atoms with Gasteiger partial charge < -0.3 is 10.1 Å². The van der Waals surface area contributed by atoms with Gasteiger partial charge in [0.1, 0.15) is 0 Å². The van der Waals surface area contributed by atoms with Gasteiger partial charge in [-0.2, -0.15) is 0 Å². The largest absolute Gasteiger partial charge is 0.478 e. The van der Waals surface area contributed by atoms with E-state index in [0.717, 1.165) is 16.7 Å². The first-order valence-electron chi connectivity index (χ1n) is 3.85. The van der Waals surface area contributed by atoms with Crippen molar-refractivity contribution in [2.24, 2.45) is 0 Å². The minimum Gasteiger partial charge on any atom is -0.478 e. The number of fused-ring (bicyclic) bond motifs is 1. The molecule has 0 spiro atoms. The lowest BCUT2D eigenvalue weighted by Crippen LogP contribution is -1.96. The summed E-state index contributed by atoms with van der Waals surface area (Å²) in [4.78, 5) is 17.6. The number of carboxylic acids is 1. The molecule has 0 radical (unpaired) electrons. The maximum atomic E-state index is 10.6. The Morgan fingerprint density at radius 1 is 1.54 bits per heavy atom. The number of hydrogen-bond donors (Lipinski definition) is 2. The quantitative estimate of drug-likeness (QED) is 0.693. The highest BCUT2D eigenvalue weighted by molar-refractivity contribution is 5.91. The Morgan fingerprint density at radius 2 is 2.31 bits per heavy atom. The number of pyridine rings is 1. The monoisotopic (exact) mass is 176 g/mol. The summed E-state index contributed by atoms with van der Waals surface area (Å²) in [7, 11) is 0. The zero-order valence-electron chi connectivity index (χ0n) is 7.03. The van der Waals surface area contributed by atoms with Gasteiger partial charge in [0.25, 0.3) is 0 Å². The van der Waals surface area contributed by atoms with Gasteiger partial charge in [-0.25, -0.2) is 4.79 Å². The smallest absolute Gasteiger partial charge is 0.337 e. The van der Waals surface area contributed by atoms with E-state index in [4.69, 9.17) is 5.11 Å². The van der Waals surface area contributed by atoms with Crippen LogP contribution >= 0.6 is 0 Å². The zero-order valence-corrected chi connectivity index (χ0v) is 7.03. The second kappa shape index (κ2) is 2.58. The van der Waals surface area contributed by atoms with Gasteiger partial charge >= 0.3 is 5.97 Å². The Balaban J connectivity index is 2.67. The van der Waals surface area contributed by atoms with Crippen LogP contribution in [0.3, 0.4) is 0 Å². The number of aryl methyl sites for hydroxylation is 1. The molecule has 4 nitrogen and oxygen atoms in total. The molecule has 0 aliphatic rings. The molecule has 0 atom stereocenters. The minimum atomic E-state index is -0.957. The molecule has 0 amide bonds. The van der Waals surface area contributed by atoms with Crippen molar-refractivity contribution in [1.82, 2.24) is 9.97 Å². The Labute approximate surface area is 74.2 Å². The lowest BCUT2D eigenvalue weighted by atomic mass is 10.2. The third-order valence-electron chi connectivity index (χ3n) is 1.85. The standard InChI is InChI=1S/C9H8N2O2/c1-5-2-7-8(11-5)3-6(4-10-7)9(12)13/h2-4,11H,1H3,(H,12,13). The number of aromatic carboxylic acids is 1. The van der Waals surface area contributed by atoms with Gasteiger partial charge in [-0.05, 0) is 19.1 Å². The molecule has 13 heavy (non-hydrogen) atoms. The first kappa shape index (κ1) is 7.79. The van der Waals surface area contributed by atoms with Gasteiger partial charge in [0.2, 0.25) is 0 Å². The number of nitrogens with one attached hydrogen (secondary N) is 1. The molecule has 0 fully saturated rings. The number of carboxylic acid groups (broad SMARTS) is 1. The van der Waals surface area contributed by atoms with Crippen molar-refractivity contribution in [2.45, 2.75) is 6.92 Å². The van der Waals surface area contributed by atoms with Crippen molar-refractivity contribution >= 4 is 17.0 Å². The van der Waals surface area contributed by atoms with Crippen LogP contribution < -0.4 is 0 Å². The first-order valence-corrected chi connectivity index (χ1v) is 3.85. The maximum absolute atomic E-state index is 10.6.